The summed E-state index contributed by atoms with van der Waals surface area (Å²) in [5, 5.41) is 2.12. The molecule has 3 aromatic heterocycles. The number of nitrogens with one attached hydrogen (secondary N) is 1. The molecule has 4 heterocycles. The average Bonchev–Trinajstić information content (AvgIpc) is 3.25. The maximum Gasteiger partial charge on any atom is 0.123 e. The minimum atomic E-state index is 0.454. The summed E-state index contributed by atoms with van der Waals surface area (Å²) < 4.78 is 0. The van der Waals surface area contributed by atoms with Crippen LogP contribution in [-0.4, -0.2) is 28.5 Å². The number of rotatable bonds is 3. The lowest BCUT2D eigenvalue weighted by atomic mass is 10.2. The van der Waals surface area contributed by atoms with Gasteiger partial charge in [-0.1, -0.05) is 6.07 Å². The fraction of sp³-hybridized carbons (Fsp3) is 0.312. The number of H-pyrrole nitrogens is 1. The largest absolute Gasteiger partial charge is 0.340 e. The van der Waals surface area contributed by atoms with Crippen LogP contribution in [0.5, 0.6) is 0 Å². The quantitative estimate of drug-likeness (QED) is 0.764. The molecule has 0 amide bonds. The molecule has 1 aliphatic rings. The van der Waals surface area contributed by atoms with Crippen LogP contribution in [-0.2, 0) is 0 Å². The summed E-state index contributed by atoms with van der Waals surface area (Å²) in [6.45, 7) is 1.17. The second-order valence-corrected chi connectivity index (χ2v) is 7.49. The number of hydrogen-bond donors (Lipinski definition) is 1. The molecule has 0 spiro atoms. The Labute approximate surface area is 132 Å². The minimum Gasteiger partial charge on any atom is -0.340 e. The van der Waals surface area contributed by atoms with Crippen molar-refractivity contribution >= 4 is 22.7 Å². The van der Waals surface area contributed by atoms with Crippen molar-refractivity contribution in [2.45, 2.75) is 18.9 Å². The van der Waals surface area contributed by atoms with E-state index >= 15 is 0 Å². The molecule has 3 nitrogen and oxygen atoms in total. The monoisotopic (exact) mass is 315 g/mol. The van der Waals surface area contributed by atoms with Gasteiger partial charge >= 0.3 is 0 Å². The molecule has 0 radical (unpaired) electrons. The number of nitrogens with zero attached hydrogens (tertiary/aromatic N) is 2. The van der Waals surface area contributed by atoms with E-state index in [0.717, 1.165) is 11.5 Å². The molecule has 3 aromatic rings. The molecule has 1 atom stereocenters. The van der Waals surface area contributed by atoms with Crippen molar-refractivity contribution in [2.75, 3.05) is 13.6 Å². The molecule has 0 saturated carbocycles. The molecule has 1 aliphatic heterocycles. The number of aromatic amines is 1. The Balaban J connectivity index is 1.61. The van der Waals surface area contributed by atoms with Gasteiger partial charge < -0.3 is 4.98 Å². The van der Waals surface area contributed by atoms with Crippen molar-refractivity contribution < 1.29 is 0 Å². The molecule has 108 valence electrons. The first kappa shape index (κ1) is 13.2. The van der Waals surface area contributed by atoms with Gasteiger partial charge in [-0.15, -0.1) is 22.7 Å². The molecule has 0 aliphatic carbocycles. The molecule has 1 fully saturated rings. The zero-order chi connectivity index (χ0) is 14.2. The SMILES string of the molecule is CN1CCC[C@H]1c1ncc(-c2ccc(-c3cccs3)s2)[nH]1. The van der Waals surface area contributed by atoms with Crippen LogP contribution in [0, 0.1) is 0 Å². The predicted molar refractivity (Wildman–Crippen MR) is 89.8 cm³/mol. The van der Waals surface area contributed by atoms with Gasteiger partial charge in [-0.3, -0.25) is 4.90 Å². The first-order valence-corrected chi connectivity index (χ1v) is 8.90. The Hall–Kier alpha value is -1.43. The first-order valence-electron chi connectivity index (χ1n) is 7.20. The third kappa shape index (κ3) is 2.46. The summed E-state index contributed by atoms with van der Waals surface area (Å²) in [5.41, 5.74) is 1.14. The van der Waals surface area contributed by atoms with Crippen molar-refractivity contribution in [1.82, 2.24) is 14.9 Å². The Morgan fingerprint density at radius 3 is 2.90 bits per heavy atom. The van der Waals surface area contributed by atoms with Crippen LogP contribution in [0.2, 0.25) is 0 Å². The van der Waals surface area contributed by atoms with E-state index in [2.05, 4.69) is 51.6 Å². The number of imidazole rings is 1. The topological polar surface area (TPSA) is 31.9 Å². The summed E-state index contributed by atoms with van der Waals surface area (Å²) in [4.78, 5) is 14.4. The second kappa shape index (κ2) is 5.40. The number of aromatic nitrogens is 2. The van der Waals surface area contributed by atoms with Gasteiger partial charge in [-0.25, -0.2) is 4.98 Å². The van der Waals surface area contributed by atoms with Gasteiger partial charge in [-0.2, -0.15) is 0 Å². The highest BCUT2D eigenvalue weighted by Crippen LogP contribution is 2.37. The van der Waals surface area contributed by atoms with E-state index in [1.54, 1.807) is 11.3 Å². The van der Waals surface area contributed by atoms with E-state index in [9.17, 15) is 0 Å². The van der Waals surface area contributed by atoms with Crippen LogP contribution < -0.4 is 0 Å². The van der Waals surface area contributed by atoms with Crippen LogP contribution in [0.15, 0.2) is 35.8 Å². The summed E-state index contributed by atoms with van der Waals surface area (Å²) >= 11 is 3.61. The highest BCUT2D eigenvalue weighted by Gasteiger charge is 2.25. The van der Waals surface area contributed by atoms with E-state index < -0.39 is 0 Å². The van der Waals surface area contributed by atoms with E-state index in [1.165, 1.54) is 34.0 Å². The number of hydrogen-bond acceptors (Lipinski definition) is 4. The van der Waals surface area contributed by atoms with E-state index in [4.69, 9.17) is 0 Å². The van der Waals surface area contributed by atoms with Gasteiger partial charge in [-0.05, 0) is 50.0 Å². The molecule has 5 heteroatoms. The van der Waals surface area contributed by atoms with Crippen molar-refractivity contribution in [2.24, 2.45) is 0 Å². The number of likely N-dealkylation sites (tertiary alicyclic amines) is 1. The highest BCUT2D eigenvalue weighted by atomic mass is 32.1. The predicted octanol–water partition coefficient (Wildman–Crippen LogP) is 4.63. The van der Waals surface area contributed by atoms with Gasteiger partial charge in [0.25, 0.3) is 0 Å². The van der Waals surface area contributed by atoms with Gasteiger partial charge in [0.15, 0.2) is 0 Å². The van der Waals surface area contributed by atoms with E-state index in [0.29, 0.717) is 6.04 Å². The summed E-state index contributed by atoms with van der Waals surface area (Å²) in [6.07, 6.45) is 4.44. The third-order valence-corrected chi connectivity index (χ3v) is 6.25. The molecule has 0 bridgehead atoms. The molecular weight excluding hydrogens is 298 g/mol. The highest BCUT2D eigenvalue weighted by molar-refractivity contribution is 7.23. The lowest BCUT2D eigenvalue weighted by Crippen LogP contribution is -2.18. The van der Waals surface area contributed by atoms with Crippen LogP contribution >= 0.6 is 22.7 Å². The fourth-order valence-electron chi connectivity index (χ4n) is 2.92. The zero-order valence-corrected chi connectivity index (χ0v) is 13.5. The van der Waals surface area contributed by atoms with Crippen LogP contribution in [0.25, 0.3) is 20.3 Å². The van der Waals surface area contributed by atoms with Crippen LogP contribution in [0.4, 0.5) is 0 Å². The first-order chi connectivity index (χ1) is 10.3. The summed E-state index contributed by atoms with van der Waals surface area (Å²) in [7, 11) is 2.18. The molecule has 1 N–H and O–H groups in total. The van der Waals surface area contributed by atoms with Crippen molar-refractivity contribution in [3.05, 3.63) is 41.7 Å². The van der Waals surface area contributed by atoms with Crippen molar-refractivity contribution in [3.8, 4) is 20.3 Å². The van der Waals surface area contributed by atoms with Crippen molar-refractivity contribution in [3.63, 3.8) is 0 Å². The number of thiophene rings is 2. The lowest BCUT2D eigenvalue weighted by molar-refractivity contribution is 0.307. The third-order valence-electron chi connectivity index (χ3n) is 4.07. The van der Waals surface area contributed by atoms with Crippen molar-refractivity contribution in [1.29, 1.82) is 0 Å². The Kier molecular flexibility index (Phi) is 3.41. The molecule has 0 unspecified atom stereocenters. The molecule has 4 rings (SSSR count). The lowest BCUT2D eigenvalue weighted by Gasteiger charge is -2.16. The second-order valence-electron chi connectivity index (χ2n) is 5.46. The maximum atomic E-state index is 4.61. The van der Waals surface area contributed by atoms with E-state index in [1.807, 2.05) is 17.5 Å². The minimum absolute atomic E-state index is 0.454. The summed E-state index contributed by atoms with van der Waals surface area (Å²) in [6, 6.07) is 9.12. The normalized spacial score (nSPS) is 19.4. The molecule has 1 saturated heterocycles. The maximum absolute atomic E-state index is 4.61. The zero-order valence-electron chi connectivity index (χ0n) is 11.9. The Morgan fingerprint density at radius 2 is 2.14 bits per heavy atom. The molecule has 21 heavy (non-hydrogen) atoms. The van der Waals surface area contributed by atoms with Crippen LogP contribution in [0.1, 0.15) is 24.7 Å². The Bertz CT molecular complexity index is 726. The molecule has 0 aromatic carbocycles. The van der Waals surface area contributed by atoms with Crippen LogP contribution in [0.3, 0.4) is 0 Å². The average molecular weight is 315 g/mol. The van der Waals surface area contributed by atoms with Gasteiger partial charge in [0.1, 0.15) is 5.82 Å². The van der Waals surface area contributed by atoms with Gasteiger partial charge in [0.05, 0.1) is 22.8 Å². The standard InChI is InChI=1S/C16H17N3S2/c1-19-8-2-4-12(19)16-17-10-11(18-16)13-6-7-15(21-13)14-5-3-9-20-14/h3,5-7,9-10,12H,2,4,8H2,1H3,(H,17,18)/t12-/m0/s1. The van der Waals surface area contributed by atoms with Gasteiger partial charge in [0, 0.05) is 9.75 Å². The summed E-state index contributed by atoms with van der Waals surface area (Å²) in [5.74, 6) is 1.11. The smallest absolute Gasteiger partial charge is 0.123 e. The Morgan fingerprint density at radius 1 is 1.24 bits per heavy atom. The van der Waals surface area contributed by atoms with E-state index in [-0.39, 0.29) is 0 Å². The van der Waals surface area contributed by atoms with Gasteiger partial charge in [0.2, 0.25) is 0 Å². The molecular formula is C16H17N3S2. The fourth-order valence-corrected chi connectivity index (χ4v) is 4.73.